The third-order valence-electron chi connectivity index (χ3n) is 5.62. The zero-order valence-corrected chi connectivity index (χ0v) is 22.7. The van der Waals surface area contributed by atoms with E-state index in [2.05, 4.69) is 26.6 Å². The van der Waals surface area contributed by atoms with E-state index in [0.29, 0.717) is 39.0 Å². The molecule has 39 heavy (non-hydrogen) atoms. The lowest BCUT2D eigenvalue weighted by molar-refractivity contribution is 0.143. The standard InChI is InChI=1S/C26H25ClF2N6O3S/c1-26(2,36)9-8-17-4-5-18(23(32-17)21(30)12-14-10-15(28)13-16(29)11-14)19-6-7-20(27)22-24(19)35(3)33-25(22)34-39(31,37)38/h4-7,10-11,13,21,36H,12,30H2,1-3H3,(H,33,34)(H2,31,37,38). The second-order valence-electron chi connectivity index (χ2n) is 9.46. The van der Waals surface area contributed by atoms with Crippen molar-refractivity contribution >= 4 is 38.5 Å². The minimum absolute atomic E-state index is 0.0391. The molecule has 0 aliphatic heterocycles. The van der Waals surface area contributed by atoms with E-state index in [4.69, 9.17) is 22.5 Å². The first kappa shape index (κ1) is 28.4. The third-order valence-corrected chi connectivity index (χ3v) is 6.41. The lowest BCUT2D eigenvalue weighted by atomic mass is 9.94. The molecule has 0 radical (unpaired) electrons. The summed E-state index contributed by atoms with van der Waals surface area (Å²) in [5.41, 5.74) is 7.79. The molecule has 6 N–H and O–H groups in total. The average Bonchev–Trinajstić information content (AvgIpc) is 3.12. The molecule has 2 heterocycles. The van der Waals surface area contributed by atoms with Crippen LogP contribution in [0.15, 0.2) is 42.5 Å². The number of halogens is 3. The summed E-state index contributed by atoms with van der Waals surface area (Å²) in [5.74, 6) is 3.97. The number of nitrogens with zero attached hydrogens (tertiary/aromatic N) is 3. The fourth-order valence-corrected chi connectivity index (χ4v) is 4.81. The number of fused-ring (bicyclic) bond motifs is 1. The van der Waals surface area contributed by atoms with Gasteiger partial charge in [0.15, 0.2) is 5.82 Å². The summed E-state index contributed by atoms with van der Waals surface area (Å²) >= 11 is 6.43. The topological polar surface area (TPSA) is 149 Å². The number of benzene rings is 2. The van der Waals surface area contributed by atoms with E-state index in [9.17, 15) is 22.3 Å². The molecular weight excluding hydrogens is 550 g/mol. The summed E-state index contributed by atoms with van der Waals surface area (Å²) in [4.78, 5) is 4.63. The molecule has 1 atom stereocenters. The Morgan fingerprint density at radius 3 is 2.41 bits per heavy atom. The Morgan fingerprint density at radius 2 is 1.79 bits per heavy atom. The highest BCUT2D eigenvalue weighted by Gasteiger charge is 2.23. The molecule has 1 unspecified atom stereocenters. The van der Waals surface area contributed by atoms with Crippen molar-refractivity contribution in [1.82, 2.24) is 14.8 Å². The first-order valence-corrected chi connectivity index (χ1v) is 13.5. The first-order valence-electron chi connectivity index (χ1n) is 11.5. The zero-order chi connectivity index (χ0) is 28.7. The molecule has 0 aliphatic rings. The first-order chi connectivity index (χ1) is 18.1. The van der Waals surface area contributed by atoms with E-state index in [1.54, 1.807) is 31.3 Å². The largest absolute Gasteiger partial charge is 0.378 e. The van der Waals surface area contributed by atoms with Crippen LogP contribution < -0.4 is 15.6 Å². The van der Waals surface area contributed by atoms with Crippen LogP contribution in [0, 0.1) is 23.5 Å². The number of anilines is 1. The fourth-order valence-electron chi connectivity index (χ4n) is 4.15. The van der Waals surface area contributed by atoms with Gasteiger partial charge < -0.3 is 10.8 Å². The van der Waals surface area contributed by atoms with Crippen LogP contribution in [0.2, 0.25) is 5.02 Å². The highest BCUT2D eigenvalue weighted by atomic mass is 35.5. The van der Waals surface area contributed by atoms with Crippen LogP contribution in [-0.2, 0) is 23.7 Å². The lowest BCUT2D eigenvalue weighted by Gasteiger charge is -2.18. The van der Waals surface area contributed by atoms with Gasteiger partial charge >= 0.3 is 0 Å². The van der Waals surface area contributed by atoms with E-state index in [1.165, 1.54) is 30.7 Å². The van der Waals surface area contributed by atoms with Crippen LogP contribution in [-0.4, -0.2) is 33.9 Å². The Hall–Kier alpha value is -3.60. The van der Waals surface area contributed by atoms with Gasteiger partial charge in [-0.1, -0.05) is 23.6 Å². The fraction of sp³-hybridized carbons (Fsp3) is 0.231. The van der Waals surface area contributed by atoms with Crippen molar-refractivity contribution in [3.63, 3.8) is 0 Å². The average molecular weight is 575 g/mol. The Labute approximate surface area is 229 Å². The molecule has 0 bridgehead atoms. The molecule has 0 aliphatic carbocycles. The van der Waals surface area contributed by atoms with Crippen LogP contribution in [0.3, 0.4) is 0 Å². The molecule has 0 spiro atoms. The molecule has 4 rings (SSSR count). The maximum atomic E-state index is 13.9. The molecule has 13 heteroatoms. The van der Waals surface area contributed by atoms with Gasteiger partial charge in [-0.3, -0.25) is 9.40 Å². The van der Waals surface area contributed by atoms with Crippen LogP contribution in [0.5, 0.6) is 0 Å². The summed E-state index contributed by atoms with van der Waals surface area (Å²) < 4.78 is 54.8. The predicted molar refractivity (Wildman–Crippen MR) is 146 cm³/mol. The second-order valence-corrected chi connectivity index (χ2v) is 11.2. The van der Waals surface area contributed by atoms with Crippen molar-refractivity contribution in [2.45, 2.75) is 31.9 Å². The van der Waals surface area contributed by atoms with E-state index >= 15 is 0 Å². The Bertz CT molecular complexity index is 1740. The lowest BCUT2D eigenvalue weighted by Crippen LogP contribution is -2.22. The number of pyridine rings is 1. The van der Waals surface area contributed by atoms with Crippen molar-refractivity contribution < 1.29 is 22.3 Å². The van der Waals surface area contributed by atoms with Crippen molar-refractivity contribution in [2.75, 3.05) is 4.72 Å². The van der Waals surface area contributed by atoms with Gasteiger partial charge in [-0.25, -0.2) is 18.9 Å². The second kappa shape index (κ2) is 10.5. The summed E-state index contributed by atoms with van der Waals surface area (Å²) in [6, 6.07) is 8.91. The summed E-state index contributed by atoms with van der Waals surface area (Å²) in [6.07, 6.45) is 0.0391. The maximum Gasteiger partial charge on any atom is 0.297 e. The summed E-state index contributed by atoms with van der Waals surface area (Å²) in [7, 11) is -2.55. The normalized spacial score (nSPS) is 12.7. The number of hydrogen-bond donors (Lipinski definition) is 4. The highest BCUT2D eigenvalue weighted by Crippen LogP contribution is 2.39. The van der Waals surface area contributed by atoms with E-state index in [-0.39, 0.29) is 17.3 Å². The van der Waals surface area contributed by atoms with Crippen LogP contribution in [0.1, 0.15) is 36.8 Å². The van der Waals surface area contributed by atoms with Gasteiger partial charge in [0.2, 0.25) is 0 Å². The van der Waals surface area contributed by atoms with Crippen molar-refractivity contribution in [2.24, 2.45) is 17.9 Å². The molecule has 2 aromatic heterocycles. The van der Waals surface area contributed by atoms with Crippen LogP contribution in [0.25, 0.3) is 22.0 Å². The molecule has 0 saturated carbocycles. The highest BCUT2D eigenvalue weighted by molar-refractivity contribution is 7.90. The van der Waals surface area contributed by atoms with E-state index in [0.717, 1.165) is 6.07 Å². The number of hydrogen-bond acceptors (Lipinski definition) is 6. The quantitative estimate of drug-likeness (QED) is 0.259. The molecule has 0 saturated heterocycles. The number of rotatable bonds is 6. The van der Waals surface area contributed by atoms with Gasteiger partial charge in [0.25, 0.3) is 10.2 Å². The van der Waals surface area contributed by atoms with Crippen LogP contribution in [0.4, 0.5) is 14.6 Å². The summed E-state index contributed by atoms with van der Waals surface area (Å²) in [6.45, 7) is 3.05. The van der Waals surface area contributed by atoms with Crippen molar-refractivity contribution in [3.05, 3.63) is 76.1 Å². The van der Waals surface area contributed by atoms with Gasteiger partial charge in [-0.2, -0.15) is 13.5 Å². The Kier molecular flexibility index (Phi) is 7.66. The smallest absolute Gasteiger partial charge is 0.297 e. The Morgan fingerprint density at radius 1 is 1.15 bits per heavy atom. The molecule has 204 valence electrons. The molecule has 4 aromatic rings. The van der Waals surface area contributed by atoms with Gasteiger partial charge in [0.1, 0.15) is 22.9 Å². The van der Waals surface area contributed by atoms with Crippen LogP contribution >= 0.6 is 11.6 Å². The van der Waals surface area contributed by atoms with Crippen molar-refractivity contribution in [1.29, 1.82) is 0 Å². The molecule has 2 aromatic carbocycles. The predicted octanol–water partition coefficient (Wildman–Crippen LogP) is 3.55. The number of nitrogens with two attached hydrogens (primary N) is 2. The molecule has 9 nitrogen and oxygen atoms in total. The number of aliphatic hydroxyl groups is 1. The third kappa shape index (κ3) is 6.70. The molecule has 0 fully saturated rings. The van der Waals surface area contributed by atoms with Gasteiger partial charge in [0, 0.05) is 24.2 Å². The van der Waals surface area contributed by atoms with Gasteiger partial charge in [-0.15, -0.1) is 0 Å². The Balaban J connectivity index is 1.93. The number of aromatic nitrogens is 3. The zero-order valence-electron chi connectivity index (χ0n) is 21.1. The molecule has 0 amide bonds. The SMILES string of the molecule is Cn1nc(NS(N)(=O)=O)c2c(Cl)ccc(-c3ccc(C#CC(C)(C)O)nc3C(N)Cc3cc(F)cc(F)c3)c21. The summed E-state index contributed by atoms with van der Waals surface area (Å²) in [5, 5.41) is 19.9. The van der Waals surface area contributed by atoms with E-state index < -0.39 is 33.5 Å². The van der Waals surface area contributed by atoms with Crippen molar-refractivity contribution in [3.8, 4) is 23.0 Å². The van der Waals surface area contributed by atoms with Gasteiger partial charge in [-0.05, 0) is 62.1 Å². The molecular formula is C26H25ClF2N6O3S. The van der Waals surface area contributed by atoms with E-state index in [1.807, 2.05) is 0 Å². The van der Waals surface area contributed by atoms with Gasteiger partial charge in [0.05, 0.1) is 27.7 Å². The number of nitrogens with one attached hydrogen (secondary N) is 1. The minimum Gasteiger partial charge on any atom is -0.378 e. The minimum atomic E-state index is -4.15. The monoisotopic (exact) mass is 574 g/mol. The number of aryl methyl sites for hydroxylation is 1. The maximum absolute atomic E-state index is 13.9.